The second-order valence-corrected chi connectivity index (χ2v) is 4.29. The molecule has 4 N–H and O–H groups in total. The molecule has 0 aromatic heterocycles. The first kappa shape index (κ1) is 13.9. The number of carbonyl (C=O) groups is 2. The van der Waals surface area contributed by atoms with Gasteiger partial charge in [0.2, 0.25) is 5.91 Å². The highest BCUT2D eigenvalue weighted by atomic mass is 16.4. The predicted octanol–water partition coefficient (Wildman–Crippen LogP) is -0.530. The number of carbonyl (C=O) groups excluding carboxylic acids is 1. The molecule has 6 nitrogen and oxygen atoms in total. The molecule has 6 heteroatoms. The van der Waals surface area contributed by atoms with Crippen LogP contribution in [0, 0.1) is 0 Å². The molecular weight excluding hydrogens is 224 g/mol. The number of hydrogen-bond donors (Lipinski definition) is 4. The Balaban J connectivity index is 2.46. The molecule has 1 aliphatic rings. The number of aliphatic carboxylic acids is 1. The van der Waals surface area contributed by atoms with Gasteiger partial charge in [0.15, 0.2) is 0 Å². The Kier molecular flexibility index (Phi) is 5.93. The highest BCUT2D eigenvalue weighted by molar-refractivity contribution is 5.86. The van der Waals surface area contributed by atoms with Crippen LogP contribution in [0.3, 0.4) is 0 Å². The van der Waals surface area contributed by atoms with E-state index in [9.17, 15) is 9.59 Å². The fraction of sp³-hybridized carbons (Fsp3) is 0.818. The number of aliphatic hydroxyl groups excluding tert-OH is 1. The smallest absolute Gasteiger partial charge is 0.328 e. The molecule has 1 rings (SSSR count). The van der Waals surface area contributed by atoms with Crippen molar-refractivity contribution in [3.63, 3.8) is 0 Å². The second-order valence-electron chi connectivity index (χ2n) is 4.29. The van der Waals surface area contributed by atoms with Crippen molar-refractivity contribution in [1.29, 1.82) is 0 Å². The molecule has 1 saturated heterocycles. The zero-order valence-electron chi connectivity index (χ0n) is 9.82. The number of nitrogens with one attached hydrogen (secondary N) is 2. The Morgan fingerprint density at radius 1 is 1.29 bits per heavy atom. The molecule has 1 fully saturated rings. The average Bonchev–Trinajstić information content (AvgIpc) is 2.24. The van der Waals surface area contributed by atoms with Gasteiger partial charge in [0, 0.05) is 0 Å². The lowest BCUT2D eigenvalue weighted by Gasteiger charge is -2.22. The van der Waals surface area contributed by atoms with Crippen molar-refractivity contribution in [1.82, 2.24) is 10.6 Å². The van der Waals surface area contributed by atoms with E-state index < -0.39 is 18.6 Å². The van der Waals surface area contributed by atoms with Gasteiger partial charge >= 0.3 is 5.97 Å². The molecule has 0 aromatic rings. The summed E-state index contributed by atoms with van der Waals surface area (Å²) in [5.41, 5.74) is 0. The van der Waals surface area contributed by atoms with Crippen molar-refractivity contribution < 1.29 is 19.8 Å². The lowest BCUT2D eigenvalue weighted by Crippen LogP contribution is -2.51. The molecule has 0 aromatic carbocycles. The molecular formula is C11H20N2O4. The molecule has 0 bridgehead atoms. The number of hydrogen-bond acceptors (Lipinski definition) is 4. The van der Waals surface area contributed by atoms with E-state index in [1.54, 1.807) is 0 Å². The predicted molar refractivity (Wildman–Crippen MR) is 61.5 cm³/mol. The third-order valence-corrected chi connectivity index (χ3v) is 2.92. The molecule has 1 aliphatic heterocycles. The van der Waals surface area contributed by atoms with Gasteiger partial charge < -0.3 is 20.8 Å². The van der Waals surface area contributed by atoms with Crippen LogP contribution in [0.25, 0.3) is 0 Å². The van der Waals surface area contributed by atoms with Crippen LogP contribution < -0.4 is 10.6 Å². The van der Waals surface area contributed by atoms with Crippen molar-refractivity contribution in [2.45, 2.75) is 44.2 Å². The molecule has 1 unspecified atom stereocenters. The summed E-state index contributed by atoms with van der Waals surface area (Å²) in [7, 11) is 0. The topological polar surface area (TPSA) is 98.7 Å². The highest BCUT2D eigenvalue weighted by Gasteiger charge is 2.24. The lowest BCUT2D eigenvalue weighted by molar-refractivity contribution is -0.143. The van der Waals surface area contributed by atoms with Crippen LogP contribution in [-0.2, 0) is 9.59 Å². The second kappa shape index (κ2) is 7.24. The summed E-state index contributed by atoms with van der Waals surface area (Å²) in [4.78, 5) is 22.5. The number of aliphatic hydroxyl groups is 1. The van der Waals surface area contributed by atoms with Crippen LogP contribution in [0.5, 0.6) is 0 Å². The number of carboxylic acid groups (broad SMARTS) is 1. The minimum Gasteiger partial charge on any atom is -0.480 e. The largest absolute Gasteiger partial charge is 0.480 e. The van der Waals surface area contributed by atoms with Crippen LogP contribution in [-0.4, -0.2) is 47.3 Å². The average molecular weight is 244 g/mol. The van der Waals surface area contributed by atoms with E-state index in [-0.39, 0.29) is 11.9 Å². The standard InChI is InChI=1S/C11H20N2O4/c14-7-9(11(16)17)13-10(15)8-5-3-1-2-4-6-12-8/h8-9,12,14H,1-7H2,(H,13,15)(H,16,17)/t8?,9-/m0/s1. The summed E-state index contributed by atoms with van der Waals surface area (Å²) < 4.78 is 0. The van der Waals surface area contributed by atoms with Gasteiger partial charge in [0.1, 0.15) is 6.04 Å². The molecule has 0 spiro atoms. The van der Waals surface area contributed by atoms with Crippen molar-refractivity contribution >= 4 is 11.9 Å². The first-order valence-corrected chi connectivity index (χ1v) is 6.02. The molecule has 98 valence electrons. The summed E-state index contributed by atoms with van der Waals surface area (Å²) in [6.07, 6.45) is 4.97. The minimum atomic E-state index is -1.22. The van der Waals surface area contributed by atoms with Crippen LogP contribution in [0.15, 0.2) is 0 Å². The van der Waals surface area contributed by atoms with Crippen LogP contribution in [0.2, 0.25) is 0 Å². The zero-order chi connectivity index (χ0) is 12.7. The SMILES string of the molecule is O=C(N[C@@H](CO)C(=O)O)C1CCCCCCN1. The van der Waals surface area contributed by atoms with Crippen LogP contribution in [0.1, 0.15) is 32.1 Å². The van der Waals surface area contributed by atoms with E-state index in [4.69, 9.17) is 10.2 Å². The maximum absolute atomic E-state index is 11.8. The van der Waals surface area contributed by atoms with Crippen molar-refractivity contribution in [2.75, 3.05) is 13.2 Å². The first-order chi connectivity index (χ1) is 8.15. The fourth-order valence-corrected chi connectivity index (χ4v) is 1.89. The highest BCUT2D eigenvalue weighted by Crippen LogP contribution is 2.09. The summed E-state index contributed by atoms with van der Waals surface area (Å²) in [5.74, 6) is -1.56. The summed E-state index contributed by atoms with van der Waals surface area (Å²) in [5, 5.41) is 23.0. The normalized spacial score (nSPS) is 23.2. The van der Waals surface area contributed by atoms with Crippen molar-refractivity contribution in [3.05, 3.63) is 0 Å². The van der Waals surface area contributed by atoms with E-state index in [1.807, 2.05) is 0 Å². The van der Waals surface area contributed by atoms with Gasteiger partial charge in [-0.1, -0.05) is 19.3 Å². The van der Waals surface area contributed by atoms with E-state index >= 15 is 0 Å². The quantitative estimate of drug-likeness (QED) is 0.533. The molecule has 17 heavy (non-hydrogen) atoms. The summed E-state index contributed by atoms with van der Waals surface area (Å²) in [6, 6.07) is -1.56. The Hall–Kier alpha value is -1.14. The molecule has 0 saturated carbocycles. The van der Waals surface area contributed by atoms with Gasteiger partial charge in [-0.05, 0) is 19.4 Å². The number of amides is 1. The molecule has 1 heterocycles. The van der Waals surface area contributed by atoms with Crippen molar-refractivity contribution in [3.8, 4) is 0 Å². The van der Waals surface area contributed by atoms with Gasteiger partial charge in [0.25, 0.3) is 0 Å². The van der Waals surface area contributed by atoms with Crippen LogP contribution >= 0.6 is 0 Å². The van der Waals surface area contributed by atoms with Gasteiger partial charge in [-0.2, -0.15) is 0 Å². The molecule has 0 aliphatic carbocycles. The van der Waals surface area contributed by atoms with E-state index in [1.165, 1.54) is 0 Å². The number of rotatable bonds is 4. The zero-order valence-corrected chi connectivity index (χ0v) is 9.82. The molecule has 2 atom stereocenters. The number of carboxylic acids is 1. The fourth-order valence-electron chi connectivity index (χ4n) is 1.89. The van der Waals surface area contributed by atoms with Crippen LogP contribution in [0.4, 0.5) is 0 Å². The van der Waals surface area contributed by atoms with Gasteiger partial charge in [-0.3, -0.25) is 4.79 Å². The first-order valence-electron chi connectivity index (χ1n) is 6.02. The molecule has 1 amide bonds. The monoisotopic (exact) mass is 244 g/mol. The summed E-state index contributed by atoms with van der Waals surface area (Å²) in [6.45, 7) is 0.183. The molecule has 0 radical (unpaired) electrons. The van der Waals surface area contributed by atoms with Gasteiger partial charge in [-0.15, -0.1) is 0 Å². The Bertz CT molecular complexity index is 262. The van der Waals surface area contributed by atoms with Gasteiger partial charge in [-0.25, -0.2) is 4.79 Å². The third-order valence-electron chi connectivity index (χ3n) is 2.92. The van der Waals surface area contributed by atoms with E-state index in [2.05, 4.69) is 10.6 Å². The van der Waals surface area contributed by atoms with E-state index in [0.29, 0.717) is 6.42 Å². The maximum Gasteiger partial charge on any atom is 0.328 e. The Labute approximate surface area is 100 Å². The maximum atomic E-state index is 11.8. The Morgan fingerprint density at radius 2 is 2.00 bits per heavy atom. The van der Waals surface area contributed by atoms with Crippen molar-refractivity contribution in [2.24, 2.45) is 0 Å². The summed E-state index contributed by atoms with van der Waals surface area (Å²) >= 11 is 0. The minimum absolute atomic E-state index is 0.339. The third kappa shape index (κ3) is 4.70. The Morgan fingerprint density at radius 3 is 2.65 bits per heavy atom. The lowest BCUT2D eigenvalue weighted by atomic mass is 10.0. The van der Waals surface area contributed by atoms with Gasteiger partial charge in [0.05, 0.1) is 12.6 Å². The van der Waals surface area contributed by atoms with E-state index in [0.717, 1.165) is 32.2 Å².